The summed E-state index contributed by atoms with van der Waals surface area (Å²) in [7, 11) is 0. The zero-order valence-corrected chi connectivity index (χ0v) is 58.7. The zero-order valence-electron chi connectivity index (χ0n) is 57.8. The molecule has 1 aromatic carbocycles. The maximum atomic E-state index is 14.6. The molecule has 26 heteroatoms. The summed E-state index contributed by atoms with van der Waals surface area (Å²) in [5.74, 6) is -2.76. The summed E-state index contributed by atoms with van der Waals surface area (Å²) in [5.41, 5.74) is -7.10. The lowest BCUT2D eigenvalue weighted by Gasteiger charge is -2.36. The highest BCUT2D eigenvalue weighted by atomic mass is 32.2. The third-order valence-electron chi connectivity index (χ3n) is 13.3. The van der Waals surface area contributed by atoms with Crippen molar-refractivity contribution in [1.29, 1.82) is 0 Å². The van der Waals surface area contributed by atoms with E-state index in [1.54, 1.807) is 183 Å². The van der Waals surface area contributed by atoms with Crippen molar-refractivity contribution in [2.45, 2.75) is 285 Å². The van der Waals surface area contributed by atoms with Crippen LogP contribution >= 0.6 is 0 Å². The highest BCUT2D eigenvalue weighted by Crippen LogP contribution is 2.31. The van der Waals surface area contributed by atoms with Crippen molar-refractivity contribution in [2.75, 3.05) is 17.9 Å². The van der Waals surface area contributed by atoms with Crippen LogP contribution in [0.4, 0.5) is 5.69 Å². The standard InChI is InChI=1S/C66H106N8O17S/c1-59(2,3)86-53(77)25-31-65(32-26-54(78)87-60(4,5)6,33-27-55(79)88-61(7,8)9)69-51(75)45-73-40-37-67-49(73)43-72(39-19-20-42-85-48-23-21-47(22-24-48)71-92(83)84)44-50-68-38-41-74(50)46-52(76)70-66(34-28-56(80)89-62(10,11)12,35-29-57(81)90-63(13,14)15)36-30-58(82)91-64(16,17)18/h21-24,37-38,40-41,71H,19-20,25-36,39,42-46H2,1-18H3,(H,69,75)(H,70,76)(H,83,84)/p-1. The van der Waals surface area contributed by atoms with E-state index in [0.29, 0.717) is 49.1 Å². The number of nitrogens with one attached hydrogen (secondary N) is 3. The predicted octanol–water partition coefficient (Wildman–Crippen LogP) is 9.59. The molecular formula is C66H105N8O17S-. The van der Waals surface area contributed by atoms with Crippen molar-refractivity contribution < 1.29 is 80.3 Å². The van der Waals surface area contributed by atoms with Crippen LogP contribution in [0.15, 0.2) is 49.1 Å². The minimum absolute atomic E-state index is 0.00943. The fourth-order valence-corrected chi connectivity index (χ4v) is 10.1. The summed E-state index contributed by atoms with van der Waals surface area (Å²) < 4.78 is 67.9. The van der Waals surface area contributed by atoms with Gasteiger partial charge in [0.05, 0.1) is 19.7 Å². The summed E-state index contributed by atoms with van der Waals surface area (Å²) in [6, 6.07) is 6.45. The molecule has 3 rings (SSSR count). The molecule has 2 aromatic heterocycles. The van der Waals surface area contributed by atoms with Crippen LogP contribution in [0.2, 0.25) is 0 Å². The number of hydrogen-bond donors (Lipinski definition) is 3. The Morgan fingerprint density at radius 1 is 0.467 bits per heavy atom. The first-order valence-corrected chi connectivity index (χ1v) is 32.6. The Bertz CT molecular complexity index is 2600. The van der Waals surface area contributed by atoms with Gasteiger partial charge in [0.25, 0.3) is 0 Å². The molecule has 518 valence electrons. The first-order valence-electron chi connectivity index (χ1n) is 31.5. The van der Waals surface area contributed by atoms with Gasteiger partial charge in [0.1, 0.15) is 64.1 Å². The van der Waals surface area contributed by atoms with Crippen molar-refractivity contribution in [1.82, 2.24) is 34.6 Å². The van der Waals surface area contributed by atoms with E-state index in [4.69, 9.17) is 33.2 Å². The summed E-state index contributed by atoms with van der Waals surface area (Å²) >= 11 is -2.49. The molecule has 0 saturated carbocycles. The van der Waals surface area contributed by atoms with Gasteiger partial charge in [0.15, 0.2) is 0 Å². The smallest absolute Gasteiger partial charge is 0.306 e. The highest BCUT2D eigenvalue weighted by Gasteiger charge is 2.38. The Kier molecular flexibility index (Phi) is 30.0. The van der Waals surface area contributed by atoms with E-state index < -0.39 is 104 Å². The molecule has 1 atom stereocenters. The lowest BCUT2D eigenvalue weighted by molar-refractivity contribution is -0.158. The van der Waals surface area contributed by atoms with Crippen LogP contribution in [-0.4, -0.2) is 138 Å². The van der Waals surface area contributed by atoms with Crippen molar-refractivity contribution in [3.05, 3.63) is 60.7 Å². The number of benzene rings is 1. The fraction of sp³-hybridized carbons (Fsp3) is 0.697. The van der Waals surface area contributed by atoms with E-state index in [1.165, 1.54) is 0 Å². The second kappa shape index (κ2) is 34.8. The first kappa shape index (κ1) is 79.3. The molecule has 2 heterocycles. The number of carbonyl (C=O) groups excluding carboxylic acids is 8. The van der Waals surface area contributed by atoms with E-state index in [9.17, 15) is 47.1 Å². The molecule has 3 aromatic rings. The van der Waals surface area contributed by atoms with Crippen molar-refractivity contribution in [3.8, 4) is 5.75 Å². The van der Waals surface area contributed by atoms with Gasteiger partial charge in [-0.15, -0.1) is 0 Å². The van der Waals surface area contributed by atoms with E-state index in [2.05, 4.69) is 25.3 Å². The number of anilines is 1. The maximum absolute atomic E-state index is 14.6. The van der Waals surface area contributed by atoms with Crippen LogP contribution in [0, 0.1) is 0 Å². The number of rotatable bonds is 36. The SMILES string of the molecule is CC(C)(C)OC(=O)CCC(CCC(=O)OC(C)(C)C)(CCC(=O)OC(C)(C)C)NC(=O)Cn1ccnc1CN(CCCCOc1ccc(NS(=O)[O-])cc1)Cc1nccn1CC(=O)NC(CCC(=O)OC(C)(C)C)(CCC(=O)OC(C)(C)C)CCC(=O)OC(C)(C)C. The number of esters is 6. The number of ether oxygens (including phenoxy) is 7. The van der Waals surface area contributed by atoms with Crippen molar-refractivity contribution >= 4 is 64.6 Å². The largest absolute Gasteiger partial charge is 0.755 e. The van der Waals surface area contributed by atoms with Gasteiger partial charge in [-0.2, -0.15) is 0 Å². The third kappa shape index (κ3) is 34.7. The van der Waals surface area contributed by atoms with Crippen LogP contribution in [0.3, 0.4) is 0 Å². The molecule has 25 nitrogen and oxygen atoms in total. The maximum Gasteiger partial charge on any atom is 0.306 e. The second-order valence-corrected chi connectivity index (χ2v) is 29.9. The number of aromatic nitrogens is 4. The zero-order chi connectivity index (χ0) is 69.5. The van der Waals surface area contributed by atoms with E-state index in [-0.39, 0.29) is 103 Å². The highest BCUT2D eigenvalue weighted by molar-refractivity contribution is 7.80. The molecule has 2 amide bonds. The molecule has 3 N–H and O–H groups in total. The summed E-state index contributed by atoms with van der Waals surface area (Å²) in [6.45, 7) is 31.8. The Hall–Kier alpha value is -6.93. The van der Waals surface area contributed by atoms with Crippen LogP contribution in [-0.2, 0) is 104 Å². The molecule has 92 heavy (non-hydrogen) atoms. The topological polar surface area (TPSA) is 316 Å². The first-order chi connectivity index (χ1) is 42.3. The fourth-order valence-electron chi connectivity index (χ4n) is 9.74. The Labute approximate surface area is 547 Å². The van der Waals surface area contributed by atoms with Gasteiger partial charge in [-0.1, -0.05) is 0 Å². The lowest BCUT2D eigenvalue weighted by atomic mass is 9.83. The normalized spacial score (nSPS) is 13.0. The van der Waals surface area contributed by atoms with Crippen LogP contribution < -0.4 is 20.1 Å². The number of imidazole rings is 2. The molecule has 0 spiro atoms. The van der Waals surface area contributed by atoms with E-state index >= 15 is 0 Å². The molecular weight excluding hydrogens is 1210 g/mol. The molecule has 0 fully saturated rings. The quantitative estimate of drug-likeness (QED) is 0.0211. The van der Waals surface area contributed by atoms with E-state index in [1.807, 2.05) is 4.90 Å². The molecule has 0 bridgehead atoms. The van der Waals surface area contributed by atoms with Crippen LogP contribution in [0.5, 0.6) is 5.75 Å². The molecule has 0 aliphatic carbocycles. The van der Waals surface area contributed by atoms with Crippen LogP contribution in [0.25, 0.3) is 0 Å². The monoisotopic (exact) mass is 1310 g/mol. The third-order valence-corrected chi connectivity index (χ3v) is 13.7. The lowest BCUT2D eigenvalue weighted by Crippen LogP contribution is -2.51. The number of amides is 2. The van der Waals surface area contributed by atoms with Gasteiger partial charge in [-0.25, -0.2) is 9.97 Å². The van der Waals surface area contributed by atoms with Crippen LogP contribution in [0.1, 0.15) is 226 Å². The predicted molar refractivity (Wildman–Crippen MR) is 345 cm³/mol. The second-order valence-electron chi connectivity index (χ2n) is 29.2. The Balaban J connectivity index is 2.06. The number of unbranched alkanes of at least 4 members (excludes halogenated alkanes) is 1. The average Bonchev–Trinajstić information content (AvgIpc) is 1.39. The van der Waals surface area contributed by atoms with Gasteiger partial charge in [-0.05, 0) is 207 Å². The number of carbonyl (C=O) groups is 8. The molecule has 0 aliphatic heterocycles. The minimum Gasteiger partial charge on any atom is -0.755 e. The van der Waals surface area contributed by atoms with Gasteiger partial charge in [0, 0.05) is 91.3 Å². The van der Waals surface area contributed by atoms with Crippen molar-refractivity contribution in [2.24, 2.45) is 0 Å². The Morgan fingerprint density at radius 3 is 1.03 bits per heavy atom. The molecule has 0 aliphatic rings. The van der Waals surface area contributed by atoms with Gasteiger partial charge in [-0.3, -0.25) is 47.5 Å². The Morgan fingerprint density at radius 2 is 0.761 bits per heavy atom. The summed E-state index contributed by atoms with van der Waals surface area (Å²) in [6.07, 6.45) is 6.67. The minimum atomic E-state index is -2.49. The van der Waals surface area contributed by atoms with Gasteiger partial charge >= 0.3 is 35.8 Å². The number of hydrogen-bond acceptors (Lipinski definition) is 20. The van der Waals surface area contributed by atoms with Gasteiger partial charge < -0.3 is 62.2 Å². The molecule has 0 radical (unpaired) electrons. The molecule has 1 unspecified atom stereocenters. The van der Waals surface area contributed by atoms with Crippen molar-refractivity contribution in [3.63, 3.8) is 0 Å². The number of nitrogens with zero attached hydrogens (tertiary/aromatic N) is 5. The van der Waals surface area contributed by atoms with E-state index in [0.717, 1.165) is 0 Å². The molecule has 0 saturated heterocycles. The van der Waals surface area contributed by atoms with Gasteiger partial charge in [0.2, 0.25) is 11.8 Å². The summed E-state index contributed by atoms with van der Waals surface area (Å²) in [4.78, 5) is 121. The summed E-state index contributed by atoms with van der Waals surface area (Å²) in [5, 5.41) is 6.26. The average molecular weight is 1310 g/mol.